The van der Waals surface area contributed by atoms with Gasteiger partial charge in [-0.05, 0) is 50.3 Å². The molecule has 0 aliphatic carbocycles. The van der Waals surface area contributed by atoms with E-state index in [1.165, 1.54) is 44.5 Å². The molecule has 0 radical (unpaired) electrons. The van der Waals surface area contributed by atoms with Crippen molar-refractivity contribution in [1.29, 1.82) is 0 Å². The molecule has 0 saturated heterocycles. The van der Waals surface area contributed by atoms with E-state index in [-0.39, 0.29) is 0 Å². The number of thioether (sulfide) groups is 1. The van der Waals surface area contributed by atoms with E-state index in [9.17, 15) is 0 Å². The fraction of sp³-hybridized carbons (Fsp3) is 1.00. The van der Waals surface area contributed by atoms with Crippen LogP contribution in [0.25, 0.3) is 0 Å². The zero-order valence-electron chi connectivity index (χ0n) is 9.44. The van der Waals surface area contributed by atoms with Crippen LogP contribution in [0.2, 0.25) is 0 Å². The standard InChI is InChI=1S/C11H25NS/c1-4-8-12-10-11(2)7-5-6-9-13-3/h11-12H,4-10H2,1-3H3. The molecule has 0 amide bonds. The smallest absolute Gasteiger partial charge is 0.00232 e. The van der Waals surface area contributed by atoms with E-state index in [2.05, 4.69) is 25.4 Å². The first-order chi connectivity index (χ1) is 6.31. The Morgan fingerprint density at radius 3 is 2.69 bits per heavy atom. The molecule has 80 valence electrons. The predicted octanol–water partition coefficient (Wildman–Crippen LogP) is 3.16. The maximum absolute atomic E-state index is 3.47. The Hall–Kier alpha value is 0.310. The van der Waals surface area contributed by atoms with E-state index in [1.54, 1.807) is 0 Å². The molecule has 0 rings (SSSR count). The molecule has 0 spiro atoms. The average Bonchev–Trinajstić information content (AvgIpc) is 2.13. The molecule has 0 fully saturated rings. The molecule has 0 bridgehead atoms. The molecule has 13 heavy (non-hydrogen) atoms. The van der Waals surface area contributed by atoms with Crippen LogP contribution in [0, 0.1) is 5.92 Å². The largest absolute Gasteiger partial charge is 0.316 e. The normalized spacial score (nSPS) is 13.2. The number of nitrogens with one attached hydrogen (secondary N) is 1. The molecule has 0 saturated carbocycles. The second kappa shape index (κ2) is 10.4. The summed E-state index contributed by atoms with van der Waals surface area (Å²) in [5.41, 5.74) is 0. The second-order valence-electron chi connectivity index (χ2n) is 3.80. The topological polar surface area (TPSA) is 12.0 Å². The molecule has 0 aromatic carbocycles. The molecule has 1 N–H and O–H groups in total. The number of unbranched alkanes of at least 4 members (excludes halogenated alkanes) is 1. The van der Waals surface area contributed by atoms with Crippen LogP contribution in [0.5, 0.6) is 0 Å². The van der Waals surface area contributed by atoms with Gasteiger partial charge < -0.3 is 5.32 Å². The first kappa shape index (κ1) is 13.3. The molecule has 0 aliphatic rings. The molecule has 1 atom stereocenters. The van der Waals surface area contributed by atoms with Crippen LogP contribution in [0.4, 0.5) is 0 Å². The van der Waals surface area contributed by atoms with Crippen LogP contribution >= 0.6 is 11.8 Å². The lowest BCUT2D eigenvalue weighted by Crippen LogP contribution is -2.21. The van der Waals surface area contributed by atoms with Gasteiger partial charge in [0.25, 0.3) is 0 Å². The fourth-order valence-corrected chi connectivity index (χ4v) is 1.86. The van der Waals surface area contributed by atoms with Crippen molar-refractivity contribution in [3.8, 4) is 0 Å². The second-order valence-corrected chi connectivity index (χ2v) is 4.78. The molecule has 0 aromatic rings. The minimum Gasteiger partial charge on any atom is -0.316 e. The van der Waals surface area contributed by atoms with Gasteiger partial charge in [0.15, 0.2) is 0 Å². The highest BCUT2D eigenvalue weighted by molar-refractivity contribution is 7.98. The van der Waals surface area contributed by atoms with Crippen molar-refractivity contribution >= 4 is 11.8 Å². The predicted molar refractivity (Wildman–Crippen MR) is 64.6 cm³/mol. The van der Waals surface area contributed by atoms with Crippen molar-refractivity contribution in [2.45, 2.75) is 39.5 Å². The highest BCUT2D eigenvalue weighted by Crippen LogP contribution is 2.08. The van der Waals surface area contributed by atoms with Gasteiger partial charge in [-0.25, -0.2) is 0 Å². The highest BCUT2D eigenvalue weighted by Gasteiger charge is 2.00. The molecule has 0 aliphatic heterocycles. The third-order valence-electron chi connectivity index (χ3n) is 2.21. The van der Waals surface area contributed by atoms with Crippen molar-refractivity contribution in [2.75, 3.05) is 25.1 Å². The zero-order valence-corrected chi connectivity index (χ0v) is 10.3. The van der Waals surface area contributed by atoms with Gasteiger partial charge in [0, 0.05) is 0 Å². The summed E-state index contributed by atoms with van der Waals surface area (Å²) in [6, 6.07) is 0. The van der Waals surface area contributed by atoms with E-state index in [1.807, 2.05) is 11.8 Å². The Morgan fingerprint density at radius 2 is 2.08 bits per heavy atom. The third-order valence-corrected chi connectivity index (χ3v) is 2.91. The molecule has 1 nitrogen and oxygen atoms in total. The van der Waals surface area contributed by atoms with Gasteiger partial charge in [0.2, 0.25) is 0 Å². The molecule has 0 aromatic heterocycles. The van der Waals surface area contributed by atoms with Gasteiger partial charge >= 0.3 is 0 Å². The molecular weight excluding hydrogens is 178 g/mol. The molecule has 0 heterocycles. The zero-order chi connectivity index (χ0) is 9.94. The van der Waals surface area contributed by atoms with Gasteiger partial charge in [-0.3, -0.25) is 0 Å². The van der Waals surface area contributed by atoms with E-state index in [0.29, 0.717) is 0 Å². The van der Waals surface area contributed by atoms with E-state index >= 15 is 0 Å². The summed E-state index contributed by atoms with van der Waals surface area (Å²) >= 11 is 1.96. The summed E-state index contributed by atoms with van der Waals surface area (Å²) in [6.45, 7) is 6.94. The Morgan fingerprint density at radius 1 is 1.31 bits per heavy atom. The first-order valence-electron chi connectivity index (χ1n) is 5.50. The van der Waals surface area contributed by atoms with Crippen LogP contribution in [0.1, 0.15) is 39.5 Å². The maximum Gasteiger partial charge on any atom is -0.00232 e. The number of hydrogen-bond donors (Lipinski definition) is 1. The summed E-state index contributed by atoms with van der Waals surface area (Å²) < 4.78 is 0. The van der Waals surface area contributed by atoms with Crippen LogP contribution in [-0.2, 0) is 0 Å². The van der Waals surface area contributed by atoms with Gasteiger partial charge in [-0.15, -0.1) is 0 Å². The van der Waals surface area contributed by atoms with E-state index < -0.39 is 0 Å². The highest BCUT2D eigenvalue weighted by atomic mass is 32.2. The Bertz CT molecular complexity index is 96.1. The Balaban J connectivity index is 3.05. The monoisotopic (exact) mass is 203 g/mol. The fourth-order valence-electron chi connectivity index (χ4n) is 1.37. The van der Waals surface area contributed by atoms with Gasteiger partial charge in [0.05, 0.1) is 0 Å². The van der Waals surface area contributed by atoms with Gasteiger partial charge in [-0.2, -0.15) is 11.8 Å². The average molecular weight is 203 g/mol. The SMILES string of the molecule is CCCNCC(C)CCCCSC. The lowest BCUT2D eigenvalue weighted by atomic mass is 10.0. The summed E-state index contributed by atoms with van der Waals surface area (Å²) in [4.78, 5) is 0. The lowest BCUT2D eigenvalue weighted by molar-refractivity contribution is 0.465. The van der Waals surface area contributed by atoms with Crippen molar-refractivity contribution < 1.29 is 0 Å². The van der Waals surface area contributed by atoms with Crippen molar-refractivity contribution in [2.24, 2.45) is 5.92 Å². The summed E-state index contributed by atoms with van der Waals surface area (Å²) in [6.07, 6.45) is 7.61. The number of hydrogen-bond acceptors (Lipinski definition) is 2. The summed E-state index contributed by atoms with van der Waals surface area (Å²) in [5, 5.41) is 3.47. The van der Waals surface area contributed by atoms with Gasteiger partial charge in [-0.1, -0.05) is 20.3 Å². The molecule has 2 heteroatoms. The van der Waals surface area contributed by atoms with Crippen LogP contribution in [0.15, 0.2) is 0 Å². The minimum absolute atomic E-state index is 0.855. The van der Waals surface area contributed by atoms with Crippen molar-refractivity contribution in [3.63, 3.8) is 0 Å². The quantitative estimate of drug-likeness (QED) is 0.578. The van der Waals surface area contributed by atoms with Crippen molar-refractivity contribution in [1.82, 2.24) is 5.32 Å². The van der Waals surface area contributed by atoms with Gasteiger partial charge in [0.1, 0.15) is 0 Å². The molecular formula is C11H25NS. The number of rotatable bonds is 9. The summed E-state index contributed by atoms with van der Waals surface area (Å²) in [5.74, 6) is 2.18. The van der Waals surface area contributed by atoms with Crippen LogP contribution < -0.4 is 5.32 Å². The minimum atomic E-state index is 0.855. The lowest BCUT2D eigenvalue weighted by Gasteiger charge is -2.11. The summed E-state index contributed by atoms with van der Waals surface area (Å²) in [7, 11) is 0. The third kappa shape index (κ3) is 10.2. The maximum atomic E-state index is 3.47. The van der Waals surface area contributed by atoms with E-state index in [4.69, 9.17) is 0 Å². The van der Waals surface area contributed by atoms with Crippen molar-refractivity contribution in [3.05, 3.63) is 0 Å². The molecule has 1 unspecified atom stereocenters. The Kier molecular flexibility index (Phi) is 10.6. The van der Waals surface area contributed by atoms with E-state index in [0.717, 1.165) is 5.92 Å². The van der Waals surface area contributed by atoms with Crippen LogP contribution in [0.3, 0.4) is 0 Å². The Labute approximate surface area is 88.1 Å². The first-order valence-corrected chi connectivity index (χ1v) is 6.90. The van der Waals surface area contributed by atoms with Crippen LogP contribution in [-0.4, -0.2) is 25.1 Å².